The van der Waals surface area contributed by atoms with Crippen LogP contribution < -0.4 is 0 Å². The second-order valence-electron chi connectivity index (χ2n) is 2.51. The number of hydrogen-bond donors (Lipinski definition) is 1. The molecule has 0 aliphatic heterocycles. The lowest BCUT2D eigenvalue weighted by Crippen LogP contribution is -1.87. The number of aromatic amines is 1. The Hall–Kier alpha value is -1.71. The minimum Gasteiger partial charge on any atom is -0.343 e. The lowest BCUT2D eigenvalue weighted by Gasteiger charge is -1.94. The van der Waals surface area contributed by atoms with E-state index in [9.17, 15) is 0 Å². The highest BCUT2D eigenvalue weighted by Crippen LogP contribution is 2.09. The summed E-state index contributed by atoms with van der Waals surface area (Å²) in [5, 5.41) is 0. The van der Waals surface area contributed by atoms with Gasteiger partial charge in [0.2, 0.25) is 0 Å². The van der Waals surface area contributed by atoms with Crippen LogP contribution >= 0.6 is 0 Å². The van der Waals surface area contributed by atoms with Gasteiger partial charge in [-0.15, -0.1) is 0 Å². The number of imidazole rings is 1. The van der Waals surface area contributed by atoms with Crippen LogP contribution in [0.4, 0.5) is 0 Å². The summed E-state index contributed by atoms with van der Waals surface area (Å²) in [7, 11) is 0. The molecule has 0 atom stereocenters. The van der Waals surface area contributed by atoms with Gasteiger partial charge in [-0.1, -0.05) is 0 Å². The van der Waals surface area contributed by atoms with Gasteiger partial charge in [-0.3, -0.25) is 9.97 Å². The van der Waals surface area contributed by atoms with Crippen molar-refractivity contribution in [3.63, 3.8) is 0 Å². The van der Waals surface area contributed by atoms with Crippen LogP contribution in [0.1, 0.15) is 5.69 Å². The molecule has 0 saturated carbocycles. The molecule has 0 bridgehead atoms. The molecule has 0 fully saturated rings. The fraction of sp³-hybridized carbons (Fsp3) is 0.125. The molecule has 4 nitrogen and oxygen atoms in total. The second-order valence-corrected chi connectivity index (χ2v) is 2.51. The molecule has 0 unspecified atom stereocenters. The first-order valence-corrected chi connectivity index (χ1v) is 3.63. The minimum absolute atomic E-state index is 0.818. The van der Waals surface area contributed by atoms with Crippen molar-refractivity contribution >= 4 is 0 Å². The highest BCUT2D eigenvalue weighted by Gasteiger charge is 1.98. The summed E-state index contributed by atoms with van der Waals surface area (Å²) < 4.78 is 0. The van der Waals surface area contributed by atoms with Crippen molar-refractivity contribution in [2.75, 3.05) is 0 Å². The molecule has 60 valence electrons. The van der Waals surface area contributed by atoms with Gasteiger partial charge in [-0.25, -0.2) is 4.98 Å². The predicted octanol–water partition coefficient (Wildman–Crippen LogP) is 1.18. The topological polar surface area (TPSA) is 54.5 Å². The average molecular weight is 160 g/mol. The molecule has 0 radical (unpaired) electrons. The van der Waals surface area contributed by atoms with Crippen LogP contribution in [0.2, 0.25) is 0 Å². The third-order valence-electron chi connectivity index (χ3n) is 1.56. The highest BCUT2D eigenvalue weighted by molar-refractivity contribution is 5.50. The van der Waals surface area contributed by atoms with E-state index in [1.165, 1.54) is 0 Å². The Morgan fingerprint density at radius 3 is 2.67 bits per heavy atom. The quantitative estimate of drug-likeness (QED) is 0.681. The smallest absolute Gasteiger partial charge is 0.106 e. The number of aromatic nitrogens is 4. The summed E-state index contributed by atoms with van der Waals surface area (Å²) in [5.41, 5.74) is 2.62. The first kappa shape index (κ1) is 6.97. The molecule has 0 saturated heterocycles. The van der Waals surface area contributed by atoms with Gasteiger partial charge < -0.3 is 4.98 Å². The summed E-state index contributed by atoms with van der Waals surface area (Å²) >= 11 is 0. The van der Waals surface area contributed by atoms with Crippen LogP contribution in [0.25, 0.3) is 11.4 Å². The fourth-order valence-corrected chi connectivity index (χ4v) is 0.928. The molecular formula is C8H8N4. The molecule has 0 aliphatic rings. The molecule has 2 rings (SSSR count). The van der Waals surface area contributed by atoms with Crippen molar-refractivity contribution in [2.24, 2.45) is 0 Å². The Balaban J connectivity index is 2.43. The number of H-pyrrole nitrogens is 1. The SMILES string of the molecule is Cc1cnc(-c2cnc[nH]2)cn1. The van der Waals surface area contributed by atoms with Crippen LogP contribution in [0.15, 0.2) is 24.9 Å². The zero-order chi connectivity index (χ0) is 8.39. The van der Waals surface area contributed by atoms with Crippen molar-refractivity contribution in [3.05, 3.63) is 30.6 Å². The van der Waals surface area contributed by atoms with Crippen LogP contribution in [0, 0.1) is 6.92 Å². The standard InChI is InChI=1S/C8H8N4/c1-6-2-11-8(4-10-6)7-3-9-5-12-7/h2-5H,1H3,(H,9,12). The summed E-state index contributed by atoms with van der Waals surface area (Å²) in [6, 6.07) is 0. The van der Waals surface area contributed by atoms with Gasteiger partial charge in [-0.2, -0.15) is 0 Å². The van der Waals surface area contributed by atoms with E-state index in [0.29, 0.717) is 0 Å². The van der Waals surface area contributed by atoms with Crippen LogP contribution in [-0.4, -0.2) is 19.9 Å². The number of nitrogens with one attached hydrogen (secondary N) is 1. The molecule has 0 aromatic carbocycles. The normalized spacial score (nSPS) is 10.1. The van der Waals surface area contributed by atoms with Crippen LogP contribution in [-0.2, 0) is 0 Å². The predicted molar refractivity (Wildman–Crippen MR) is 44.4 cm³/mol. The van der Waals surface area contributed by atoms with Crippen molar-refractivity contribution < 1.29 is 0 Å². The van der Waals surface area contributed by atoms with E-state index in [0.717, 1.165) is 17.1 Å². The summed E-state index contributed by atoms with van der Waals surface area (Å²) in [5.74, 6) is 0. The third kappa shape index (κ3) is 1.18. The van der Waals surface area contributed by atoms with Crippen molar-refractivity contribution in [2.45, 2.75) is 6.92 Å². The Morgan fingerprint density at radius 2 is 2.08 bits per heavy atom. The molecule has 4 heteroatoms. The van der Waals surface area contributed by atoms with Gasteiger partial charge in [0.1, 0.15) is 5.69 Å². The molecule has 2 heterocycles. The summed E-state index contributed by atoms with van der Waals surface area (Å²) in [4.78, 5) is 15.2. The van der Waals surface area contributed by atoms with Gasteiger partial charge in [0.15, 0.2) is 0 Å². The molecule has 1 N–H and O–H groups in total. The number of hydrogen-bond acceptors (Lipinski definition) is 3. The lowest BCUT2D eigenvalue weighted by atomic mass is 10.3. The molecule has 0 spiro atoms. The molecule has 12 heavy (non-hydrogen) atoms. The summed E-state index contributed by atoms with van der Waals surface area (Å²) in [6.07, 6.45) is 6.80. The van der Waals surface area contributed by atoms with Crippen LogP contribution in [0.3, 0.4) is 0 Å². The molecule has 2 aromatic heterocycles. The van der Waals surface area contributed by atoms with E-state index in [1.807, 2.05) is 6.92 Å². The zero-order valence-electron chi connectivity index (χ0n) is 6.65. The van der Waals surface area contributed by atoms with Gasteiger partial charge in [-0.05, 0) is 6.92 Å². The van der Waals surface area contributed by atoms with E-state index in [2.05, 4.69) is 19.9 Å². The Morgan fingerprint density at radius 1 is 1.17 bits per heavy atom. The average Bonchev–Trinajstić information content (AvgIpc) is 2.58. The highest BCUT2D eigenvalue weighted by atomic mass is 14.9. The van der Waals surface area contributed by atoms with E-state index >= 15 is 0 Å². The van der Waals surface area contributed by atoms with Crippen LogP contribution in [0.5, 0.6) is 0 Å². The number of aryl methyl sites for hydroxylation is 1. The monoisotopic (exact) mass is 160 g/mol. The van der Waals surface area contributed by atoms with E-state index in [1.54, 1.807) is 24.9 Å². The van der Waals surface area contributed by atoms with Crippen molar-refractivity contribution in [1.82, 2.24) is 19.9 Å². The molecular weight excluding hydrogens is 152 g/mol. The first-order chi connectivity index (χ1) is 5.86. The van der Waals surface area contributed by atoms with Gasteiger partial charge in [0.05, 0.1) is 30.1 Å². The second kappa shape index (κ2) is 2.73. The van der Waals surface area contributed by atoms with Gasteiger partial charge in [0.25, 0.3) is 0 Å². The maximum Gasteiger partial charge on any atom is 0.106 e. The van der Waals surface area contributed by atoms with Crippen molar-refractivity contribution in [3.8, 4) is 11.4 Å². The Bertz CT molecular complexity index is 349. The molecule has 2 aromatic rings. The van der Waals surface area contributed by atoms with Gasteiger partial charge in [0, 0.05) is 6.20 Å². The Labute approximate surface area is 69.7 Å². The largest absolute Gasteiger partial charge is 0.343 e. The Kier molecular flexibility index (Phi) is 1.59. The maximum atomic E-state index is 4.19. The molecule has 0 amide bonds. The van der Waals surface area contributed by atoms with E-state index in [4.69, 9.17) is 0 Å². The fourth-order valence-electron chi connectivity index (χ4n) is 0.928. The first-order valence-electron chi connectivity index (χ1n) is 3.63. The van der Waals surface area contributed by atoms with Gasteiger partial charge >= 0.3 is 0 Å². The molecule has 0 aliphatic carbocycles. The van der Waals surface area contributed by atoms with E-state index in [-0.39, 0.29) is 0 Å². The third-order valence-corrected chi connectivity index (χ3v) is 1.56. The minimum atomic E-state index is 0.818. The lowest BCUT2D eigenvalue weighted by molar-refractivity contribution is 1.11. The number of nitrogens with zero attached hydrogens (tertiary/aromatic N) is 3. The summed E-state index contributed by atoms with van der Waals surface area (Å²) in [6.45, 7) is 1.91. The van der Waals surface area contributed by atoms with Crippen molar-refractivity contribution in [1.29, 1.82) is 0 Å². The number of rotatable bonds is 1. The zero-order valence-corrected chi connectivity index (χ0v) is 6.65. The van der Waals surface area contributed by atoms with E-state index < -0.39 is 0 Å². The maximum absolute atomic E-state index is 4.19.